The molecule has 5 aromatic rings. The van der Waals surface area contributed by atoms with E-state index < -0.39 is 0 Å². The molecule has 228 valence electrons. The lowest BCUT2D eigenvalue weighted by molar-refractivity contribution is 0.256. The molecule has 0 N–H and O–H groups in total. The Morgan fingerprint density at radius 1 is 0.636 bits per heavy atom. The normalized spacial score (nSPS) is 10.9. The van der Waals surface area contributed by atoms with Crippen molar-refractivity contribution in [3.05, 3.63) is 112 Å². The molecule has 0 aliphatic rings. The van der Waals surface area contributed by atoms with Gasteiger partial charge in [-0.15, -0.1) is 0 Å². The smallest absolute Gasteiger partial charge is 0.204 e. The van der Waals surface area contributed by atoms with E-state index in [1.165, 1.54) is 13.2 Å². The lowest BCUT2D eigenvalue weighted by atomic mass is 10.1. The molecule has 0 fully saturated rings. The van der Waals surface area contributed by atoms with E-state index in [2.05, 4.69) is 6.92 Å². The van der Waals surface area contributed by atoms with E-state index in [1.54, 1.807) is 13.2 Å². The number of methoxy groups -OCH3 is 2. The molecule has 7 heteroatoms. The lowest BCUT2D eigenvalue weighted by Crippen LogP contribution is -2.07. The van der Waals surface area contributed by atoms with E-state index >= 15 is 0 Å². The third-order valence-corrected chi connectivity index (χ3v) is 7.27. The summed E-state index contributed by atoms with van der Waals surface area (Å²) in [6, 6.07) is 28.5. The molecule has 0 aliphatic carbocycles. The summed E-state index contributed by atoms with van der Waals surface area (Å²) < 4.78 is 36.1. The monoisotopic (exact) mass is 594 g/mol. The number of ether oxygens (including phenoxy) is 5. The number of hydrogen-bond acceptors (Lipinski definition) is 7. The average Bonchev–Trinajstić information content (AvgIpc) is 3.06. The Kier molecular flexibility index (Phi) is 10.4. The fourth-order valence-corrected chi connectivity index (χ4v) is 4.94. The standard InChI is InChI=1S/C37H38O7/c1-4-5-6-13-20-41-36-34(39-2)23-33-35(37(36)40-3)29(38)22-31(44-33)28-18-19-30(42-24-26-14-9-7-10-15-26)32(21-28)43-25-27-16-11-8-12-17-27/h7-12,14-19,21-23H,4-6,13,20,24-25H2,1-3H3. The average molecular weight is 595 g/mol. The Morgan fingerprint density at radius 3 is 1.95 bits per heavy atom. The fourth-order valence-electron chi connectivity index (χ4n) is 4.94. The van der Waals surface area contributed by atoms with Gasteiger partial charge in [0.05, 0.1) is 20.8 Å². The van der Waals surface area contributed by atoms with Gasteiger partial charge in [-0.1, -0.05) is 86.8 Å². The lowest BCUT2D eigenvalue weighted by Gasteiger charge is -2.17. The van der Waals surface area contributed by atoms with Crippen molar-refractivity contribution in [1.82, 2.24) is 0 Å². The summed E-state index contributed by atoms with van der Waals surface area (Å²) in [6.07, 6.45) is 4.23. The quantitative estimate of drug-likeness (QED) is 0.112. The second kappa shape index (κ2) is 15.0. The number of rotatable bonds is 15. The van der Waals surface area contributed by atoms with Crippen molar-refractivity contribution in [2.75, 3.05) is 20.8 Å². The Bertz CT molecular complexity index is 1710. The maximum atomic E-state index is 13.5. The van der Waals surface area contributed by atoms with E-state index in [-0.39, 0.29) is 5.43 Å². The van der Waals surface area contributed by atoms with Crippen LogP contribution in [-0.2, 0) is 13.2 Å². The highest BCUT2D eigenvalue weighted by atomic mass is 16.5. The van der Waals surface area contributed by atoms with Crippen LogP contribution in [0.1, 0.15) is 43.7 Å². The van der Waals surface area contributed by atoms with Crippen molar-refractivity contribution in [2.24, 2.45) is 0 Å². The maximum absolute atomic E-state index is 13.5. The van der Waals surface area contributed by atoms with Gasteiger partial charge in [-0.3, -0.25) is 4.79 Å². The molecule has 1 heterocycles. The minimum absolute atomic E-state index is 0.257. The van der Waals surface area contributed by atoms with Gasteiger partial charge in [0.15, 0.2) is 28.4 Å². The highest BCUT2D eigenvalue weighted by Crippen LogP contribution is 2.43. The molecule has 44 heavy (non-hydrogen) atoms. The van der Waals surface area contributed by atoms with Gasteiger partial charge in [-0.25, -0.2) is 0 Å². The summed E-state index contributed by atoms with van der Waals surface area (Å²) in [4.78, 5) is 13.5. The number of fused-ring (bicyclic) bond motifs is 1. The Balaban J connectivity index is 1.49. The van der Waals surface area contributed by atoms with Crippen LogP contribution in [0.5, 0.6) is 28.7 Å². The second-order valence-electron chi connectivity index (χ2n) is 10.4. The van der Waals surface area contributed by atoms with Gasteiger partial charge in [0.2, 0.25) is 5.75 Å². The predicted octanol–water partition coefficient (Wildman–Crippen LogP) is 8.59. The molecule has 7 nitrogen and oxygen atoms in total. The van der Waals surface area contributed by atoms with Gasteiger partial charge in [-0.05, 0) is 35.7 Å². The van der Waals surface area contributed by atoms with Crippen LogP contribution in [0, 0.1) is 0 Å². The van der Waals surface area contributed by atoms with Crippen LogP contribution in [0.2, 0.25) is 0 Å². The molecule has 5 rings (SSSR count). The molecule has 0 saturated carbocycles. The molecule has 0 aliphatic heterocycles. The molecule has 0 amide bonds. The summed E-state index contributed by atoms with van der Waals surface area (Å²) >= 11 is 0. The molecule has 0 radical (unpaired) electrons. The highest BCUT2D eigenvalue weighted by molar-refractivity contribution is 5.90. The van der Waals surface area contributed by atoms with E-state index in [9.17, 15) is 4.79 Å². The molecule has 0 atom stereocenters. The van der Waals surface area contributed by atoms with Crippen molar-refractivity contribution >= 4 is 11.0 Å². The Labute approximate surface area is 257 Å². The van der Waals surface area contributed by atoms with Crippen molar-refractivity contribution in [3.63, 3.8) is 0 Å². The summed E-state index contributed by atoms with van der Waals surface area (Å²) in [5.41, 5.74) is 2.79. The van der Waals surface area contributed by atoms with Crippen LogP contribution in [0.25, 0.3) is 22.3 Å². The zero-order valence-corrected chi connectivity index (χ0v) is 25.5. The maximum Gasteiger partial charge on any atom is 0.204 e. The van der Waals surface area contributed by atoms with Crippen LogP contribution in [0.3, 0.4) is 0 Å². The summed E-state index contributed by atoms with van der Waals surface area (Å²) in [5, 5.41) is 0.295. The second-order valence-corrected chi connectivity index (χ2v) is 10.4. The largest absolute Gasteiger partial charge is 0.493 e. The molecule has 1 aromatic heterocycles. The first-order valence-electron chi connectivity index (χ1n) is 14.9. The summed E-state index contributed by atoms with van der Waals surface area (Å²) in [7, 11) is 3.06. The van der Waals surface area contributed by atoms with E-state index in [4.69, 9.17) is 28.1 Å². The van der Waals surface area contributed by atoms with Crippen LogP contribution >= 0.6 is 0 Å². The first-order valence-corrected chi connectivity index (χ1v) is 14.9. The van der Waals surface area contributed by atoms with Crippen LogP contribution in [0.4, 0.5) is 0 Å². The molecule has 0 bridgehead atoms. The van der Waals surface area contributed by atoms with E-state index in [1.807, 2.05) is 78.9 Å². The third-order valence-electron chi connectivity index (χ3n) is 7.27. The van der Waals surface area contributed by atoms with Crippen LogP contribution in [0.15, 0.2) is 100 Å². The minimum atomic E-state index is -0.257. The Morgan fingerprint density at radius 2 is 1.32 bits per heavy atom. The fraction of sp³-hybridized carbons (Fsp3) is 0.270. The molecule has 0 saturated heterocycles. The van der Waals surface area contributed by atoms with Gasteiger partial charge >= 0.3 is 0 Å². The first-order chi connectivity index (χ1) is 21.6. The predicted molar refractivity (Wildman–Crippen MR) is 172 cm³/mol. The minimum Gasteiger partial charge on any atom is -0.493 e. The zero-order chi connectivity index (χ0) is 30.7. The first kappa shape index (κ1) is 30.5. The van der Waals surface area contributed by atoms with E-state index in [0.29, 0.717) is 70.9 Å². The van der Waals surface area contributed by atoms with Gasteiger partial charge in [0.1, 0.15) is 29.9 Å². The highest BCUT2D eigenvalue weighted by Gasteiger charge is 2.22. The molecule has 0 spiro atoms. The van der Waals surface area contributed by atoms with Crippen LogP contribution < -0.4 is 29.1 Å². The van der Waals surface area contributed by atoms with Gasteiger partial charge in [0.25, 0.3) is 0 Å². The molecule has 0 unspecified atom stereocenters. The summed E-state index contributed by atoms with van der Waals surface area (Å²) in [5.74, 6) is 2.62. The SMILES string of the molecule is CCCCCCOc1c(OC)cc2oc(-c3ccc(OCc4ccccc4)c(OCc4ccccc4)c3)cc(=O)c2c1OC. The number of benzene rings is 4. The third kappa shape index (κ3) is 7.35. The number of hydrogen-bond donors (Lipinski definition) is 0. The zero-order valence-electron chi connectivity index (χ0n) is 25.5. The van der Waals surface area contributed by atoms with Gasteiger partial charge in [-0.2, -0.15) is 0 Å². The van der Waals surface area contributed by atoms with Crippen molar-refractivity contribution in [2.45, 2.75) is 45.8 Å². The topological polar surface area (TPSA) is 76.4 Å². The van der Waals surface area contributed by atoms with Crippen molar-refractivity contribution in [1.29, 1.82) is 0 Å². The van der Waals surface area contributed by atoms with E-state index in [0.717, 1.165) is 36.8 Å². The Hall–Kier alpha value is -4.91. The van der Waals surface area contributed by atoms with Crippen LogP contribution in [-0.4, -0.2) is 20.8 Å². The molecular formula is C37H38O7. The van der Waals surface area contributed by atoms with Crippen molar-refractivity contribution in [3.8, 4) is 40.1 Å². The molecular weight excluding hydrogens is 556 g/mol. The van der Waals surface area contributed by atoms with Crippen molar-refractivity contribution < 1.29 is 28.1 Å². The molecule has 4 aromatic carbocycles. The summed E-state index contributed by atoms with van der Waals surface area (Å²) in [6.45, 7) is 3.39. The number of unbranched alkanes of at least 4 members (excludes halogenated alkanes) is 3. The van der Waals surface area contributed by atoms with Gasteiger partial charge < -0.3 is 28.1 Å². The van der Waals surface area contributed by atoms with Gasteiger partial charge in [0, 0.05) is 17.7 Å².